The van der Waals surface area contributed by atoms with E-state index in [0.717, 1.165) is 24.9 Å². The van der Waals surface area contributed by atoms with E-state index in [0.29, 0.717) is 37.9 Å². The van der Waals surface area contributed by atoms with Crippen LogP contribution in [0.2, 0.25) is 0 Å². The van der Waals surface area contributed by atoms with Crippen LogP contribution in [0.25, 0.3) is 0 Å². The molecule has 0 radical (unpaired) electrons. The van der Waals surface area contributed by atoms with Gasteiger partial charge in [0.2, 0.25) is 10.0 Å². The Morgan fingerprint density at radius 3 is 2.64 bits per heavy atom. The van der Waals surface area contributed by atoms with Gasteiger partial charge < -0.3 is 10.6 Å². The lowest BCUT2D eigenvalue weighted by Crippen LogP contribution is -2.44. The number of guanidine groups is 1. The standard InChI is InChI=1S/C17H27FN4O2S/c1-19-17(20-9-6-14-4-3-5-16(18)12-14)21-13-15-7-10-22(11-8-15)25(2,23)24/h3-5,12,15H,6-11,13H2,1-2H3,(H2,19,20,21). The smallest absolute Gasteiger partial charge is 0.211 e. The summed E-state index contributed by atoms with van der Waals surface area (Å²) in [6.45, 7) is 2.58. The Morgan fingerprint density at radius 1 is 1.32 bits per heavy atom. The number of piperidine rings is 1. The summed E-state index contributed by atoms with van der Waals surface area (Å²) in [5.41, 5.74) is 0.941. The van der Waals surface area contributed by atoms with Crippen molar-refractivity contribution in [1.82, 2.24) is 14.9 Å². The molecule has 1 fully saturated rings. The average molecular weight is 370 g/mol. The van der Waals surface area contributed by atoms with Gasteiger partial charge in [0.05, 0.1) is 6.26 Å². The zero-order valence-corrected chi connectivity index (χ0v) is 15.7. The van der Waals surface area contributed by atoms with Crippen LogP contribution >= 0.6 is 0 Å². The molecule has 25 heavy (non-hydrogen) atoms. The van der Waals surface area contributed by atoms with Crippen LogP contribution in [0.15, 0.2) is 29.3 Å². The molecule has 0 aromatic heterocycles. The molecule has 1 aliphatic rings. The Labute approximate surface area is 149 Å². The lowest BCUT2D eigenvalue weighted by molar-refractivity contribution is 0.275. The van der Waals surface area contributed by atoms with Gasteiger partial charge in [-0.3, -0.25) is 4.99 Å². The molecule has 2 rings (SSSR count). The minimum Gasteiger partial charge on any atom is -0.356 e. The van der Waals surface area contributed by atoms with Gasteiger partial charge in [0.1, 0.15) is 5.82 Å². The van der Waals surface area contributed by atoms with Crippen LogP contribution in [0.4, 0.5) is 4.39 Å². The summed E-state index contributed by atoms with van der Waals surface area (Å²) in [5, 5.41) is 6.51. The van der Waals surface area contributed by atoms with E-state index < -0.39 is 10.0 Å². The Hall–Kier alpha value is -1.67. The third kappa shape index (κ3) is 6.62. The first-order valence-electron chi connectivity index (χ1n) is 8.52. The van der Waals surface area contributed by atoms with Crippen LogP contribution < -0.4 is 10.6 Å². The highest BCUT2D eigenvalue weighted by Gasteiger charge is 2.24. The zero-order valence-electron chi connectivity index (χ0n) is 14.8. The summed E-state index contributed by atoms with van der Waals surface area (Å²) >= 11 is 0. The van der Waals surface area contributed by atoms with E-state index in [1.54, 1.807) is 13.1 Å². The first-order chi connectivity index (χ1) is 11.9. The van der Waals surface area contributed by atoms with Crippen LogP contribution in [0.5, 0.6) is 0 Å². The summed E-state index contributed by atoms with van der Waals surface area (Å²) in [6.07, 6.45) is 3.67. The highest BCUT2D eigenvalue weighted by molar-refractivity contribution is 7.88. The molecular formula is C17H27FN4O2S. The largest absolute Gasteiger partial charge is 0.356 e. The second-order valence-corrected chi connectivity index (χ2v) is 8.35. The van der Waals surface area contributed by atoms with Gasteiger partial charge in [-0.15, -0.1) is 0 Å². The highest BCUT2D eigenvalue weighted by Crippen LogP contribution is 2.18. The maximum Gasteiger partial charge on any atom is 0.211 e. The van der Waals surface area contributed by atoms with Crippen molar-refractivity contribution in [3.63, 3.8) is 0 Å². The number of aliphatic imine (C=N–C) groups is 1. The van der Waals surface area contributed by atoms with E-state index >= 15 is 0 Å². The number of nitrogens with one attached hydrogen (secondary N) is 2. The number of nitrogens with zero attached hydrogens (tertiary/aromatic N) is 2. The summed E-state index contributed by atoms with van der Waals surface area (Å²) in [7, 11) is -1.36. The van der Waals surface area contributed by atoms with Gasteiger partial charge >= 0.3 is 0 Å². The summed E-state index contributed by atoms with van der Waals surface area (Å²) < 4.78 is 37.7. The van der Waals surface area contributed by atoms with Crippen LogP contribution in [-0.2, 0) is 16.4 Å². The van der Waals surface area contributed by atoms with Crippen LogP contribution in [0.3, 0.4) is 0 Å². The molecule has 1 saturated heterocycles. The van der Waals surface area contributed by atoms with Gasteiger partial charge in [0, 0.05) is 33.2 Å². The number of sulfonamides is 1. The molecule has 1 aromatic rings. The summed E-state index contributed by atoms with van der Waals surface area (Å²) in [6, 6.07) is 6.58. The minimum atomic E-state index is -3.08. The fourth-order valence-electron chi connectivity index (χ4n) is 2.92. The van der Waals surface area contributed by atoms with Crippen molar-refractivity contribution in [2.24, 2.45) is 10.9 Å². The second kappa shape index (κ2) is 9.15. The maximum atomic E-state index is 13.1. The van der Waals surface area contributed by atoms with Gasteiger partial charge in [-0.2, -0.15) is 0 Å². The molecule has 0 atom stereocenters. The molecule has 1 aromatic carbocycles. The molecule has 1 heterocycles. The zero-order chi connectivity index (χ0) is 18.3. The second-order valence-electron chi connectivity index (χ2n) is 6.37. The molecule has 0 spiro atoms. The Bertz CT molecular complexity index is 686. The molecular weight excluding hydrogens is 343 g/mol. The SMILES string of the molecule is CN=C(NCCc1cccc(F)c1)NCC1CCN(S(C)(=O)=O)CC1. The van der Waals surface area contributed by atoms with Crippen LogP contribution in [0.1, 0.15) is 18.4 Å². The lowest BCUT2D eigenvalue weighted by Gasteiger charge is -2.30. The van der Waals surface area contributed by atoms with E-state index in [4.69, 9.17) is 0 Å². The van der Waals surface area contributed by atoms with Crippen molar-refractivity contribution in [2.75, 3.05) is 39.5 Å². The predicted octanol–water partition coefficient (Wildman–Crippen LogP) is 1.20. The van der Waals surface area contributed by atoms with Crippen molar-refractivity contribution < 1.29 is 12.8 Å². The van der Waals surface area contributed by atoms with Crippen molar-refractivity contribution in [2.45, 2.75) is 19.3 Å². The molecule has 1 aliphatic heterocycles. The summed E-state index contributed by atoms with van der Waals surface area (Å²) in [5.74, 6) is 0.919. The van der Waals surface area contributed by atoms with E-state index in [1.165, 1.54) is 22.7 Å². The van der Waals surface area contributed by atoms with Gasteiger partial charge in [-0.25, -0.2) is 17.1 Å². The summed E-state index contributed by atoms with van der Waals surface area (Å²) in [4.78, 5) is 4.19. The molecule has 0 unspecified atom stereocenters. The minimum absolute atomic E-state index is 0.222. The Morgan fingerprint density at radius 2 is 2.04 bits per heavy atom. The fraction of sp³-hybridized carbons (Fsp3) is 0.588. The third-order valence-corrected chi connectivity index (χ3v) is 5.72. The van der Waals surface area contributed by atoms with E-state index in [-0.39, 0.29) is 5.82 Å². The van der Waals surface area contributed by atoms with Crippen molar-refractivity contribution >= 4 is 16.0 Å². The molecule has 0 saturated carbocycles. The van der Waals surface area contributed by atoms with Gasteiger partial charge in [-0.1, -0.05) is 12.1 Å². The van der Waals surface area contributed by atoms with Crippen molar-refractivity contribution in [1.29, 1.82) is 0 Å². The monoisotopic (exact) mass is 370 g/mol. The van der Waals surface area contributed by atoms with Crippen molar-refractivity contribution in [3.8, 4) is 0 Å². The molecule has 0 aliphatic carbocycles. The van der Waals surface area contributed by atoms with Crippen LogP contribution in [0, 0.1) is 11.7 Å². The van der Waals surface area contributed by atoms with Crippen molar-refractivity contribution in [3.05, 3.63) is 35.6 Å². The van der Waals surface area contributed by atoms with Crippen LogP contribution in [-0.4, -0.2) is 58.2 Å². The first-order valence-corrected chi connectivity index (χ1v) is 10.4. The molecule has 0 amide bonds. The topological polar surface area (TPSA) is 73.8 Å². The first kappa shape index (κ1) is 19.7. The molecule has 8 heteroatoms. The van der Waals surface area contributed by atoms with E-state index in [1.807, 2.05) is 6.07 Å². The fourth-order valence-corrected chi connectivity index (χ4v) is 3.80. The normalized spacial score (nSPS) is 17.5. The number of hydrogen-bond donors (Lipinski definition) is 2. The number of benzene rings is 1. The quantitative estimate of drug-likeness (QED) is 0.583. The van der Waals surface area contributed by atoms with E-state index in [2.05, 4.69) is 15.6 Å². The Balaban J connectivity index is 1.69. The molecule has 6 nitrogen and oxygen atoms in total. The Kier molecular flexibility index (Phi) is 7.19. The number of rotatable bonds is 6. The third-order valence-electron chi connectivity index (χ3n) is 4.42. The number of halogens is 1. The van der Waals surface area contributed by atoms with Gasteiger partial charge in [-0.05, 0) is 42.9 Å². The van der Waals surface area contributed by atoms with Gasteiger partial charge in [0.15, 0.2) is 5.96 Å². The lowest BCUT2D eigenvalue weighted by atomic mass is 9.98. The molecule has 0 bridgehead atoms. The number of hydrogen-bond acceptors (Lipinski definition) is 3. The van der Waals surface area contributed by atoms with E-state index in [9.17, 15) is 12.8 Å². The molecule has 2 N–H and O–H groups in total. The predicted molar refractivity (Wildman–Crippen MR) is 98.6 cm³/mol. The van der Waals surface area contributed by atoms with Gasteiger partial charge in [0.25, 0.3) is 0 Å². The highest BCUT2D eigenvalue weighted by atomic mass is 32.2. The molecule has 140 valence electrons. The average Bonchev–Trinajstić information content (AvgIpc) is 2.57. The maximum absolute atomic E-state index is 13.1.